The lowest BCUT2D eigenvalue weighted by atomic mass is 10.1. The molecule has 140 valence electrons. The summed E-state index contributed by atoms with van der Waals surface area (Å²) in [7, 11) is -3.52. The molecule has 1 amide bonds. The van der Waals surface area contributed by atoms with E-state index < -0.39 is 10.0 Å². The van der Waals surface area contributed by atoms with Gasteiger partial charge in [0, 0.05) is 35.9 Å². The van der Waals surface area contributed by atoms with Crippen LogP contribution in [-0.4, -0.2) is 49.7 Å². The Morgan fingerprint density at radius 1 is 0.962 bits per heavy atom. The molecule has 1 saturated heterocycles. The van der Waals surface area contributed by atoms with Crippen molar-refractivity contribution in [3.8, 4) is 0 Å². The van der Waals surface area contributed by atoms with Crippen molar-refractivity contribution in [2.75, 3.05) is 26.2 Å². The van der Waals surface area contributed by atoms with Crippen LogP contribution in [0.25, 0.3) is 0 Å². The van der Waals surface area contributed by atoms with Gasteiger partial charge in [-0.25, -0.2) is 8.42 Å². The number of piperazine rings is 1. The summed E-state index contributed by atoms with van der Waals surface area (Å²) < 4.78 is 27.2. The summed E-state index contributed by atoms with van der Waals surface area (Å²) >= 11 is 1.61. The average molecular weight is 393 g/mol. The predicted octanol–water partition coefficient (Wildman–Crippen LogP) is 3.13. The van der Waals surface area contributed by atoms with Crippen molar-refractivity contribution in [2.45, 2.75) is 32.6 Å². The lowest BCUT2D eigenvalue weighted by Gasteiger charge is -2.34. The molecule has 2 heterocycles. The van der Waals surface area contributed by atoms with Gasteiger partial charge in [-0.3, -0.25) is 4.79 Å². The SMILES string of the molecule is Cc1cc(C(=O)N2CCN(S(=O)(=O)c3ccc(C)c(C)c3)CC2)c(C)s1. The van der Waals surface area contributed by atoms with Gasteiger partial charge in [0.15, 0.2) is 0 Å². The number of sulfonamides is 1. The van der Waals surface area contributed by atoms with Crippen LogP contribution < -0.4 is 0 Å². The van der Waals surface area contributed by atoms with E-state index in [4.69, 9.17) is 0 Å². The first kappa shape index (κ1) is 19.1. The smallest absolute Gasteiger partial charge is 0.255 e. The van der Waals surface area contributed by atoms with Crippen LogP contribution in [0.2, 0.25) is 0 Å². The molecule has 0 bridgehead atoms. The Morgan fingerprint density at radius 3 is 2.15 bits per heavy atom. The zero-order chi connectivity index (χ0) is 19.1. The fraction of sp³-hybridized carbons (Fsp3) is 0.421. The lowest BCUT2D eigenvalue weighted by molar-refractivity contribution is 0.0697. The number of rotatable bonds is 3. The lowest BCUT2D eigenvalue weighted by Crippen LogP contribution is -2.50. The maximum absolute atomic E-state index is 12.9. The highest BCUT2D eigenvalue weighted by Crippen LogP contribution is 2.24. The van der Waals surface area contributed by atoms with Crippen LogP contribution in [0.15, 0.2) is 29.2 Å². The second-order valence-corrected chi connectivity index (χ2v) is 10.2. The first-order valence-electron chi connectivity index (χ1n) is 8.64. The van der Waals surface area contributed by atoms with Gasteiger partial charge in [0.05, 0.1) is 10.5 Å². The van der Waals surface area contributed by atoms with Crippen molar-refractivity contribution in [3.63, 3.8) is 0 Å². The van der Waals surface area contributed by atoms with E-state index >= 15 is 0 Å². The van der Waals surface area contributed by atoms with Crippen molar-refractivity contribution in [2.24, 2.45) is 0 Å². The molecule has 3 rings (SSSR count). The molecule has 0 radical (unpaired) electrons. The van der Waals surface area contributed by atoms with Gasteiger partial charge in [-0.15, -0.1) is 11.3 Å². The number of aryl methyl sites for hydroxylation is 4. The van der Waals surface area contributed by atoms with E-state index in [1.807, 2.05) is 39.8 Å². The maximum atomic E-state index is 12.9. The molecule has 0 aliphatic carbocycles. The van der Waals surface area contributed by atoms with E-state index in [-0.39, 0.29) is 5.91 Å². The minimum Gasteiger partial charge on any atom is -0.336 e. The molecule has 0 N–H and O–H groups in total. The third-order valence-corrected chi connectivity index (χ3v) is 7.77. The highest BCUT2D eigenvalue weighted by atomic mass is 32.2. The van der Waals surface area contributed by atoms with Gasteiger partial charge < -0.3 is 4.90 Å². The fourth-order valence-corrected chi connectivity index (χ4v) is 5.59. The van der Waals surface area contributed by atoms with Gasteiger partial charge in [0.1, 0.15) is 0 Å². The Labute approximate surface area is 159 Å². The monoisotopic (exact) mass is 392 g/mol. The maximum Gasteiger partial charge on any atom is 0.255 e. The molecule has 1 aliphatic heterocycles. The molecule has 1 aliphatic rings. The zero-order valence-corrected chi connectivity index (χ0v) is 17.2. The molecule has 0 saturated carbocycles. The third kappa shape index (κ3) is 3.56. The molecule has 1 aromatic heterocycles. The minimum atomic E-state index is -3.52. The van der Waals surface area contributed by atoms with Crippen molar-refractivity contribution in [1.82, 2.24) is 9.21 Å². The van der Waals surface area contributed by atoms with Crippen LogP contribution in [0, 0.1) is 27.7 Å². The molecule has 7 heteroatoms. The van der Waals surface area contributed by atoms with Crippen LogP contribution >= 0.6 is 11.3 Å². The number of thiophene rings is 1. The number of hydrogen-bond donors (Lipinski definition) is 0. The van der Waals surface area contributed by atoms with E-state index in [2.05, 4.69) is 0 Å². The standard InChI is InChI=1S/C19H24N2O3S2/c1-13-5-6-17(11-14(13)2)26(23,24)21-9-7-20(8-10-21)19(22)18-12-15(3)25-16(18)4/h5-6,11-12H,7-10H2,1-4H3. The number of hydrogen-bond acceptors (Lipinski definition) is 4. The van der Waals surface area contributed by atoms with Crippen LogP contribution in [0.4, 0.5) is 0 Å². The van der Waals surface area contributed by atoms with Gasteiger partial charge in [-0.2, -0.15) is 4.31 Å². The number of nitrogens with zero attached hydrogens (tertiary/aromatic N) is 2. The van der Waals surface area contributed by atoms with E-state index in [0.717, 1.165) is 26.4 Å². The Bertz CT molecular complexity index is 940. The van der Waals surface area contributed by atoms with Crippen LogP contribution in [-0.2, 0) is 10.0 Å². The molecule has 1 aromatic carbocycles. The van der Waals surface area contributed by atoms with E-state index in [1.165, 1.54) is 4.31 Å². The third-order valence-electron chi connectivity index (χ3n) is 4.91. The highest BCUT2D eigenvalue weighted by Gasteiger charge is 2.31. The topological polar surface area (TPSA) is 57.7 Å². The molecular formula is C19H24N2O3S2. The van der Waals surface area contributed by atoms with E-state index in [1.54, 1.807) is 28.4 Å². The van der Waals surface area contributed by atoms with Crippen molar-refractivity contribution in [1.29, 1.82) is 0 Å². The predicted molar refractivity (Wildman–Crippen MR) is 104 cm³/mol. The van der Waals surface area contributed by atoms with Crippen LogP contribution in [0.3, 0.4) is 0 Å². The molecular weight excluding hydrogens is 368 g/mol. The number of benzene rings is 1. The Hall–Kier alpha value is -1.70. The molecule has 0 spiro atoms. The summed E-state index contributed by atoms with van der Waals surface area (Å²) in [5, 5.41) is 0. The molecule has 2 aromatic rings. The van der Waals surface area contributed by atoms with Gasteiger partial charge in [0.25, 0.3) is 5.91 Å². The molecule has 5 nitrogen and oxygen atoms in total. The molecule has 0 unspecified atom stereocenters. The van der Waals surface area contributed by atoms with Gasteiger partial charge in [0.2, 0.25) is 10.0 Å². The van der Waals surface area contributed by atoms with Gasteiger partial charge in [-0.1, -0.05) is 6.07 Å². The van der Waals surface area contributed by atoms with Crippen molar-refractivity contribution in [3.05, 3.63) is 50.7 Å². The average Bonchev–Trinajstić information content (AvgIpc) is 2.95. The minimum absolute atomic E-state index is 0.00456. The van der Waals surface area contributed by atoms with Gasteiger partial charge >= 0.3 is 0 Å². The summed E-state index contributed by atoms with van der Waals surface area (Å²) in [5.74, 6) is -0.00456. The van der Waals surface area contributed by atoms with Crippen LogP contribution in [0.1, 0.15) is 31.2 Å². The van der Waals surface area contributed by atoms with Crippen LogP contribution in [0.5, 0.6) is 0 Å². The fourth-order valence-electron chi connectivity index (χ4n) is 3.17. The second-order valence-electron chi connectivity index (χ2n) is 6.77. The number of amides is 1. The quantitative estimate of drug-likeness (QED) is 0.806. The Balaban J connectivity index is 1.72. The van der Waals surface area contributed by atoms with Crippen molar-refractivity contribution < 1.29 is 13.2 Å². The first-order chi connectivity index (χ1) is 12.2. The molecule has 26 heavy (non-hydrogen) atoms. The first-order valence-corrected chi connectivity index (χ1v) is 10.9. The van der Waals surface area contributed by atoms with E-state index in [9.17, 15) is 13.2 Å². The van der Waals surface area contributed by atoms with Gasteiger partial charge in [-0.05, 0) is 57.0 Å². The summed E-state index contributed by atoms with van der Waals surface area (Å²) in [6, 6.07) is 7.14. The highest BCUT2D eigenvalue weighted by molar-refractivity contribution is 7.89. The Morgan fingerprint density at radius 2 is 1.62 bits per heavy atom. The normalized spacial score (nSPS) is 16.1. The Kier molecular flexibility index (Phi) is 5.23. The second kappa shape index (κ2) is 7.13. The largest absolute Gasteiger partial charge is 0.336 e. The summed E-state index contributed by atoms with van der Waals surface area (Å²) in [6.07, 6.45) is 0. The molecule has 1 fully saturated rings. The summed E-state index contributed by atoms with van der Waals surface area (Å²) in [4.78, 5) is 16.9. The summed E-state index contributed by atoms with van der Waals surface area (Å²) in [6.45, 7) is 9.29. The summed E-state index contributed by atoms with van der Waals surface area (Å²) in [5.41, 5.74) is 2.77. The van der Waals surface area contributed by atoms with Crippen molar-refractivity contribution >= 4 is 27.3 Å². The number of carbonyl (C=O) groups excluding carboxylic acids is 1. The zero-order valence-electron chi connectivity index (χ0n) is 15.6. The molecule has 0 atom stereocenters. The number of carbonyl (C=O) groups is 1. The van der Waals surface area contributed by atoms with E-state index in [0.29, 0.717) is 31.1 Å².